The lowest BCUT2D eigenvalue weighted by Gasteiger charge is -2.37. The van der Waals surface area contributed by atoms with E-state index in [1.54, 1.807) is 20.9 Å². The zero-order valence-electron chi connectivity index (χ0n) is 9.91. The maximum absolute atomic E-state index is 12.0. The van der Waals surface area contributed by atoms with Crippen molar-refractivity contribution in [1.82, 2.24) is 15.5 Å². The monoisotopic (exact) mass is 229 g/mol. The Morgan fingerprint density at radius 3 is 2.69 bits per heavy atom. The lowest BCUT2D eigenvalue weighted by Crippen LogP contribution is -2.61. The van der Waals surface area contributed by atoms with Crippen LogP contribution in [0.3, 0.4) is 0 Å². The molecule has 0 bridgehead atoms. The van der Waals surface area contributed by atoms with Crippen LogP contribution in [0.4, 0.5) is 0 Å². The van der Waals surface area contributed by atoms with E-state index in [4.69, 9.17) is 5.11 Å². The van der Waals surface area contributed by atoms with E-state index in [9.17, 15) is 9.59 Å². The Morgan fingerprint density at radius 1 is 1.62 bits per heavy atom. The van der Waals surface area contributed by atoms with Gasteiger partial charge in [-0.05, 0) is 13.8 Å². The molecule has 3 N–H and O–H groups in total. The van der Waals surface area contributed by atoms with Crippen molar-refractivity contribution in [2.24, 2.45) is 0 Å². The van der Waals surface area contributed by atoms with Gasteiger partial charge in [0.15, 0.2) is 0 Å². The minimum Gasteiger partial charge on any atom is -0.394 e. The van der Waals surface area contributed by atoms with Crippen molar-refractivity contribution in [2.45, 2.75) is 25.4 Å². The Balaban J connectivity index is 2.61. The normalized spacial score (nSPS) is 21.5. The summed E-state index contributed by atoms with van der Waals surface area (Å²) in [7, 11) is 1.65. The SMILES string of the molecule is CN(C(=O)C1CNC(=O)CN1)C(C)(C)CO. The lowest BCUT2D eigenvalue weighted by molar-refractivity contribution is -0.139. The van der Waals surface area contributed by atoms with Crippen LogP contribution in [0.2, 0.25) is 0 Å². The Morgan fingerprint density at radius 2 is 2.25 bits per heavy atom. The van der Waals surface area contributed by atoms with Gasteiger partial charge in [-0.25, -0.2) is 0 Å². The van der Waals surface area contributed by atoms with Crippen LogP contribution in [0.25, 0.3) is 0 Å². The Labute approximate surface area is 95.0 Å². The van der Waals surface area contributed by atoms with Gasteiger partial charge >= 0.3 is 0 Å². The molecule has 0 saturated carbocycles. The fourth-order valence-electron chi connectivity index (χ4n) is 1.38. The molecule has 1 fully saturated rings. The summed E-state index contributed by atoms with van der Waals surface area (Å²) in [5.41, 5.74) is -0.597. The summed E-state index contributed by atoms with van der Waals surface area (Å²) in [6.07, 6.45) is 0. The minimum absolute atomic E-state index is 0.103. The molecule has 1 atom stereocenters. The van der Waals surface area contributed by atoms with Gasteiger partial charge in [0.05, 0.1) is 18.7 Å². The van der Waals surface area contributed by atoms with Crippen LogP contribution in [-0.4, -0.2) is 60.1 Å². The molecular weight excluding hydrogens is 210 g/mol. The molecule has 2 amide bonds. The van der Waals surface area contributed by atoms with Gasteiger partial charge in [-0.3, -0.25) is 14.9 Å². The highest BCUT2D eigenvalue weighted by Gasteiger charge is 2.33. The number of hydrogen-bond donors (Lipinski definition) is 3. The molecule has 1 saturated heterocycles. The summed E-state index contributed by atoms with van der Waals surface area (Å²) < 4.78 is 0. The largest absolute Gasteiger partial charge is 0.394 e. The number of likely N-dealkylation sites (N-methyl/N-ethyl adjacent to an activating group) is 1. The predicted octanol–water partition coefficient (Wildman–Crippen LogP) is -1.70. The summed E-state index contributed by atoms with van der Waals surface area (Å²) in [5, 5.41) is 14.7. The number of aliphatic hydroxyl groups excluding tert-OH is 1. The highest BCUT2D eigenvalue weighted by atomic mass is 16.3. The molecule has 0 aliphatic carbocycles. The first-order chi connectivity index (χ1) is 7.38. The first-order valence-corrected chi connectivity index (χ1v) is 5.27. The molecule has 16 heavy (non-hydrogen) atoms. The summed E-state index contributed by atoms with van der Waals surface area (Å²) in [5.74, 6) is -0.229. The molecule has 1 rings (SSSR count). The molecule has 0 spiro atoms. The highest BCUT2D eigenvalue weighted by molar-refractivity contribution is 5.87. The minimum atomic E-state index is -0.597. The number of piperazine rings is 1. The van der Waals surface area contributed by atoms with Crippen LogP contribution in [0.5, 0.6) is 0 Å². The van der Waals surface area contributed by atoms with Crippen molar-refractivity contribution in [3.63, 3.8) is 0 Å². The van der Waals surface area contributed by atoms with Crippen molar-refractivity contribution >= 4 is 11.8 Å². The third kappa shape index (κ3) is 2.70. The summed E-state index contributed by atoms with van der Waals surface area (Å²) in [6, 6.07) is -0.409. The number of nitrogens with zero attached hydrogens (tertiary/aromatic N) is 1. The molecule has 6 heteroatoms. The molecule has 0 aromatic carbocycles. The van der Waals surface area contributed by atoms with Gasteiger partial charge in [0.2, 0.25) is 11.8 Å². The van der Waals surface area contributed by atoms with Crippen LogP contribution >= 0.6 is 0 Å². The molecule has 0 aromatic heterocycles. The number of nitrogens with one attached hydrogen (secondary N) is 2. The Bertz CT molecular complexity index is 281. The Hall–Kier alpha value is -1.14. The molecule has 0 aromatic rings. The van der Waals surface area contributed by atoms with Gasteiger partial charge in [-0.2, -0.15) is 0 Å². The van der Waals surface area contributed by atoms with Crippen molar-refractivity contribution in [1.29, 1.82) is 0 Å². The molecule has 1 aliphatic heterocycles. The van der Waals surface area contributed by atoms with Crippen molar-refractivity contribution in [2.75, 3.05) is 26.7 Å². The number of rotatable bonds is 3. The number of carbonyl (C=O) groups excluding carboxylic acids is 2. The molecular formula is C10H19N3O3. The van der Waals surface area contributed by atoms with Crippen LogP contribution < -0.4 is 10.6 Å². The quantitative estimate of drug-likeness (QED) is 0.539. The summed E-state index contributed by atoms with van der Waals surface area (Å²) >= 11 is 0. The number of amides is 2. The van der Waals surface area contributed by atoms with Crippen molar-refractivity contribution in [3.8, 4) is 0 Å². The molecule has 1 aliphatic rings. The number of hydrogen-bond acceptors (Lipinski definition) is 4. The van der Waals surface area contributed by atoms with Gasteiger partial charge in [-0.1, -0.05) is 0 Å². The molecule has 1 heterocycles. The van der Waals surface area contributed by atoms with Gasteiger partial charge in [0.1, 0.15) is 6.04 Å². The maximum Gasteiger partial charge on any atom is 0.241 e. The van der Waals surface area contributed by atoms with E-state index in [1.807, 2.05) is 0 Å². The highest BCUT2D eigenvalue weighted by Crippen LogP contribution is 2.12. The van der Waals surface area contributed by atoms with E-state index in [0.717, 1.165) is 0 Å². The smallest absolute Gasteiger partial charge is 0.241 e. The summed E-state index contributed by atoms with van der Waals surface area (Å²) in [6.45, 7) is 3.92. The zero-order valence-corrected chi connectivity index (χ0v) is 9.91. The van der Waals surface area contributed by atoms with E-state index in [1.165, 1.54) is 4.90 Å². The topological polar surface area (TPSA) is 81.7 Å². The average Bonchev–Trinajstić information content (AvgIpc) is 2.28. The second kappa shape index (κ2) is 4.80. The fourth-order valence-corrected chi connectivity index (χ4v) is 1.38. The third-order valence-electron chi connectivity index (χ3n) is 2.94. The van der Waals surface area contributed by atoms with Crippen LogP contribution in [0.1, 0.15) is 13.8 Å². The van der Waals surface area contributed by atoms with E-state index in [2.05, 4.69) is 10.6 Å². The van der Waals surface area contributed by atoms with Gasteiger partial charge < -0.3 is 15.3 Å². The van der Waals surface area contributed by atoms with Crippen LogP contribution in [0, 0.1) is 0 Å². The van der Waals surface area contributed by atoms with Gasteiger partial charge in [0.25, 0.3) is 0 Å². The molecule has 0 radical (unpaired) electrons. The van der Waals surface area contributed by atoms with Crippen LogP contribution in [0.15, 0.2) is 0 Å². The standard InChI is InChI=1S/C10H19N3O3/c1-10(2,6-14)13(3)9(16)7-4-12-8(15)5-11-7/h7,11,14H,4-6H2,1-3H3,(H,12,15). The predicted molar refractivity (Wildman–Crippen MR) is 58.7 cm³/mol. The second-order valence-electron chi connectivity index (χ2n) is 4.61. The van der Waals surface area contributed by atoms with E-state index in [0.29, 0.717) is 6.54 Å². The fraction of sp³-hybridized carbons (Fsp3) is 0.800. The molecule has 92 valence electrons. The first kappa shape index (κ1) is 12.9. The van der Waals surface area contributed by atoms with Crippen molar-refractivity contribution < 1.29 is 14.7 Å². The van der Waals surface area contributed by atoms with E-state index < -0.39 is 11.6 Å². The Kier molecular flexibility index (Phi) is 3.88. The van der Waals surface area contributed by atoms with Crippen LogP contribution in [-0.2, 0) is 9.59 Å². The number of aliphatic hydroxyl groups is 1. The van der Waals surface area contributed by atoms with Crippen molar-refractivity contribution in [3.05, 3.63) is 0 Å². The average molecular weight is 229 g/mol. The third-order valence-corrected chi connectivity index (χ3v) is 2.94. The maximum atomic E-state index is 12.0. The zero-order chi connectivity index (χ0) is 12.3. The number of carbonyl (C=O) groups is 2. The van der Waals surface area contributed by atoms with Gasteiger partial charge in [-0.15, -0.1) is 0 Å². The molecule has 6 nitrogen and oxygen atoms in total. The second-order valence-corrected chi connectivity index (χ2v) is 4.61. The van der Waals surface area contributed by atoms with E-state index >= 15 is 0 Å². The molecule has 1 unspecified atom stereocenters. The lowest BCUT2D eigenvalue weighted by atomic mass is 10.0. The first-order valence-electron chi connectivity index (χ1n) is 5.27. The van der Waals surface area contributed by atoms with Gasteiger partial charge in [0, 0.05) is 13.6 Å². The summed E-state index contributed by atoms with van der Waals surface area (Å²) in [4.78, 5) is 24.4. The van der Waals surface area contributed by atoms with E-state index in [-0.39, 0.29) is 25.0 Å².